The number of hydrogen-bond donors (Lipinski definition) is 1. The predicted octanol–water partition coefficient (Wildman–Crippen LogP) is 4.49. The van der Waals surface area contributed by atoms with Crippen LogP contribution < -0.4 is 10.9 Å². The van der Waals surface area contributed by atoms with E-state index in [1.54, 1.807) is 6.07 Å². The standard InChI is InChI=1S/C24H17NO5S/c26-21(12-20-24(28)25-17-7-3-4-8-19(17)31-20)29-13-15-11-22(27)30-18-10-9-14-5-1-2-6-16(14)23(15)18/h1-11,20H,12-13H2,(H,25,28)/t20-/m1/s1. The van der Waals surface area contributed by atoms with Gasteiger partial charge in [0.1, 0.15) is 12.2 Å². The van der Waals surface area contributed by atoms with Gasteiger partial charge in [-0.15, -0.1) is 11.8 Å². The van der Waals surface area contributed by atoms with E-state index in [2.05, 4.69) is 5.32 Å². The smallest absolute Gasteiger partial charge is 0.336 e. The van der Waals surface area contributed by atoms with Gasteiger partial charge in [0.2, 0.25) is 5.91 Å². The Morgan fingerprint density at radius 1 is 1.03 bits per heavy atom. The van der Waals surface area contributed by atoms with Crippen molar-refractivity contribution in [2.45, 2.75) is 23.2 Å². The van der Waals surface area contributed by atoms with E-state index in [0.29, 0.717) is 11.1 Å². The van der Waals surface area contributed by atoms with Crippen LogP contribution in [0.15, 0.2) is 80.8 Å². The summed E-state index contributed by atoms with van der Waals surface area (Å²) in [4.78, 5) is 37.8. The average Bonchev–Trinajstić information content (AvgIpc) is 2.77. The molecule has 0 bridgehead atoms. The molecule has 2 heterocycles. The summed E-state index contributed by atoms with van der Waals surface area (Å²) in [7, 11) is 0. The Morgan fingerprint density at radius 3 is 2.74 bits per heavy atom. The molecule has 0 saturated heterocycles. The minimum absolute atomic E-state index is 0.0645. The zero-order chi connectivity index (χ0) is 21.4. The second-order valence-electron chi connectivity index (χ2n) is 7.21. The Balaban J connectivity index is 1.36. The van der Waals surface area contributed by atoms with E-state index in [4.69, 9.17) is 9.15 Å². The Kier molecular flexibility index (Phi) is 4.95. The van der Waals surface area contributed by atoms with Gasteiger partial charge in [0, 0.05) is 21.9 Å². The summed E-state index contributed by atoms with van der Waals surface area (Å²) >= 11 is 1.34. The van der Waals surface area contributed by atoms with Gasteiger partial charge in [-0.05, 0) is 29.0 Å². The second kappa shape index (κ2) is 7.92. The summed E-state index contributed by atoms with van der Waals surface area (Å²) < 4.78 is 10.8. The molecule has 1 atom stereocenters. The normalized spacial score (nSPS) is 15.5. The van der Waals surface area contributed by atoms with Crippen molar-refractivity contribution < 1.29 is 18.7 Å². The fraction of sp³-hybridized carbons (Fsp3) is 0.125. The number of thioether (sulfide) groups is 1. The molecule has 1 aromatic heterocycles. The molecule has 0 aliphatic carbocycles. The highest BCUT2D eigenvalue weighted by Gasteiger charge is 2.29. The average molecular weight is 431 g/mol. The van der Waals surface area contributed by atoms with Crippen LogP contribution >= 0.6 is 11.8 Å². The molecule has 1 N–H and O–H groups in total. The van der Waals surface area contributed by atoms with Crippen molar-refractivity contribution in [1.82, 2.24) is 0 Å². The summed E-state index contributed by atoms with van der Waals surface area (Å²) in [5, 5.41) is 4.89. The number of carbonyl (C=O) groups is 2. The van der Waals surface area contributed by atoms with E-state index in [9.17, 15) is 14.4 Å². The number of carbonyl (C=O) groups excluding carboxylic acids is 2. The molecule has 154 valence electrons. The van der Waals surface area contributed by atoms with Gasteiger partial charge in [-0.2, -0.15) is 0 Å². The van der Waals surface area contributed by atoms with Gasteiger partial charge in [0.25, 0.3) is 0 Å². The second-order valence-corrected chi connectivity index (χ2v) is 8.45. The van der Waals surface area contributed by atoms with E-state index in [-0.39, 0.29) is 18.9 Å². The molecule has 5 rings (SSSR count). The molecule has 4 aromatic rings. The van der Waals surface area contributed by atoms with Crippen LogP contribution in [-0.4, -0.2) is 17.1 Å². The fourth-order valence-corrected chi connectivity index (χ4v) is 4.82. The van der Waals surface area contributed by atoms with Crippen LogP contribution in [0.3, 0.4) is 0 Å². The van der Waals surface area contributed by atoms with Crippen LogP contribution in [-0.2, 0) is 20.9 Å². The Hall–Kier alpha value is -3.58. The molecule has 0 unspecified atom stereocenters. The lowest BCUT2D eigenvalue weighted by atomic mass is 10.0. The van der Waals surface area contributed by atoms with Crippen LogP contribution in [0.4, 0.5) is 5.69 Å². The van der Waals surface area contributed by atoms with Gasteiger partial charge in [-0.25, -0.2) is 4.79 Å². The third-order valence-electron chi connectivity index (χ3n) is 5.16. The largest absolute Gasteiger partial charge is 0.461 e. The summed E-state index contributed by atoms with van der Waals surface area (Å²) in [5.74, 6) is -0.730. The van der Waals surface area contributed by atoms with E-state index in [1.807, 2.05) is 54.6 Å². The molecule has 0 spiro atoms. The highest BCUT2D eigenvalue weighted by molar-refractivity contribution is 8.01. The third-order valence-corrected chi connectivity index (χ3v) is 6.44. The van der Waals surface area contributed by atoms with Gasteiger partial charge in [0.05, 0.1) is 17.4 Å². The van der Waals surface area contributed by atoms with Crippen molar-refractivity contribution in [1.29, 1.82) is 0 Å². The number of nitrogens with one attached hydrogen (secondary N) is 1. The van der Waals surface area contributed by atoms with E-state index < -0.39 is 16.8 Å². The molecular formula is C24H17NO5S. The highest BCUT2D eigenvalue weighted by atomic mass is 32.2. The Labute approximate surface area is 181 Å². The molecule has 7 heteroatoms. The molecule has 0 fully saturated rings. The van der Waals surface area contributed by atoms with Crippen molar-refractivity contribution in [3.8, 4) is 0 Å². The SMILES string of the molecule is O=C(C[C@H]1Sc2ccccc2NC1=O)OCc1cc(=O)oc2ccc3ccccc3c12. The predicted molar refractivity (Wildman–Crippen MR) is 119 cm³/mol. The molecule has 0 saturated carbocycles. The van der Waals surface area contributed by atoms with Crippen molar-refractivity contribution in [3.63, 3.8) is 0 Å². The summed E-state index contributed by atoms with van der Waals surface area (Å²) in [5.41, 5.74) is 1.25. The first-order chi connectivity index (χ1) is 15.1. The number of ether oxygens (including phenoxy) is 1. The van der Waals surface area contributed by atoms with Crippen LogP contribution in [0.5, 0.6) is 0 Å². The minimum Gasteiger partial charge on any atom is -0.461 e. The van der Waals surface area contributed by atoms with E-state index in [0.717, 1.165) is 26.7 Å². The monoisotopic (exact) mass is 431 g/mol. The summed E-state index contributed by atoms with van der Waals surface area (Å²) in [6, 6.07) is 20.2. The minimum atomic E-state index is -0.569. The molecule has 1 aliphatic rings. The van der Waals surface area contributed by atoms with Crippen LogP contribution in [0.1, 0.15) is 12.0 Å². The highest BCUT2D eigenvalue weighted by Crippen LogP contribution is 2.36. The lowest BCUT2D eigenvalue weighted by Gasteiger charge is -2.23. The maximum absolute atomic E-state index is 12.5. The number of anilines is 1. The molecular weight excluding hydrogens is 414 g/mol. The summed E-state index contributed by atoms with van der Waals surface area (Å²) in [6.45, 7) is -0.0788. The number of hydrogen-bond acceptors (Lipinski definition) is 6. The van der Waals surface area contributed by atoms with Crippen LogP contribution in [0, 0.1) is 0 Å². The van der Waals surface area contributed by atoms with Gasteiger partial charge in [-0.1, -0.05) is 42.5 Å². The number of amides is 1. The maximum atomic E-state index is 12.5. The molecule has 1 amide bonds. The van der Waals surface area contributed by atoms with Crippen LogP contribution in [0.2, 0.25) is 0 Å². The zero-order valence-corrected chi connectivity index (χ0v) is 17.1. The Morgan fingerprint density at radius 2 is 1.84 bits per heavy atom. The number of esters is 1. The first-order valence-corrected chi connectivity index (χ1v) is 10.6. The number of fused-ring (bicyclic) bond motifs is 4. The topological polar surface area (TPSA) is 85.6 Å². The molecule has 0 radical (unpaired) electrons. The van der Waals surface area contributed by atoms with Gasteiger partial charge < -0.3 is 14.5 Å². The molecule has 1 aliphatic heterocycles. The van der Waals surface area contributed by atoms with E-state index in [1.165, 1.54) is 17.8 Å². The van der Waals surface area contributed by atoms with Gasteiger partial charge in [-0.3, -0.25) is 9.59 Å². The van der Waals surface area contributed by atoms with E-state index >= 15 is 0 Å². The van der Waals surface area contributed by atoms with Crippen molar-refractivity contribution in [2.75, 3.05) is 5.32 Å². The summed E-state index contributed by atoms with van der Waals surface area (Å²) in [6.07, 6.45) is -0.0645. The fourth-order valence-electron chi connectivity index (χ4n) is 3.73. The van der Waals surface area contributed by atoms with Crippen molar-refractivity contribution in [2.24, 2.45) is 0 Å². The third kappa shape index (κ3) is 3.80. The number of benzene rings is 3. The maximum Gasteiger partial charge on any atom is 0.336 e. The number of rotatable bonds is 4. The molecule has 31 heavy (non-hydrogen) atoms. The lowest BCUT2D eigenvalue weighted by Crippen LogP contribution is -2.31. The zero-order valence-electron chi connectivity index (χ0n) is 16.3. The molecule has 6 nitrogen and oxygen atoms in total. The molecule has 3 aromatic carbocycles. The number of para-hydroxylation sites is 1. The first-order valence-electron chi connectivity index (χ1n) is 9.75. The van der Waals surface area contributed by atoms with Crippen molar-refractivity contribution >= 4 is 51.1 Å². The first kappa shape index (κ1) is 19.4. The van der Waals surface area contributed by atoms with Crippen LogP contribution in [0.25, 0.3) is 21.7 Å². The Bertz CT molecular complexity index is 1390. The lowest BCUT2D eigenvalue weighted by molar-refractivity contribution is -0.145. The quantitative estimate of drug-likeness (QED) is 0.291. The van der Waals surface area contributed by atoms with Crippen molar-refractivity contribution in [3.05, 3.63) is 82.7 Å². The van der Waals surface area contributed by atoms with Gasteiger partial charge >= 0.3 is 11.6 Å². The van der Waals surface area contributed by atoms with Gasteiger partial charge in [0.15, 0.2) is 0 Å².